The number of carbonyl (C=O) groups is 1. The van der Waals surface area contributed by atoms with Gasteiger partial charge in [0.25, 0.3) is 0 Å². The van der Waals surface area contributed by atoms with Crippen LogP contribution >= 0.6 is 11.3 Å². The lowest BCUT2D eigenvalue weighted by molar-refractivity contribution is -0.136. The van der Waals surface area contributed by atoms with E-state index in [0.29, 0.717) is 11.6 Å². The van der Waals surface area contributed by atoms with Crippen LogP contribution in [0, 0.1) is 13.8 Å². The molecular formula is C14H16N2O2S. The third-order valence-electron chi connectivity index (χ3n) is 3.06. The number of nitrogen functional groups attached to an aromatic ring is 1. The van der Waals surface area contributed by atoms with E-state index >= 15 is 0 Å². The van der Waals surface area contributed by atoms with Crippen LogP contribution in [-0.4, -0.2) is 16.1 Å². The minimum Gasteiger partial charge on any atom is -0.481 e. The summed E-state index contributed by atoms with van der Waals surface area (Å²) in [6, 6.07) is 6.11. The van der Waals surface area contributed by atoms with Gasteiger partial charge in [-0.2, -0.15) is 0 Å². The molecular weight excluding hydrogens is 260 g/mol. The van der Waals surface area contributed by atoms with E-state index < -0.39 is 5.97 Å². The van der Waals surface area contributed by atoms with Gasteiger partial charge in [0.2, 0.25) is 0 Å². The normalized spacial score (nSPS) is 10.6. The van der Waals surface area contributed by atoms with Crippen LogP contribution in [0.1, 0.15) is 22.4 Å². The van der Waals surface area contributed by atoms with Crippen LogP contribution in [0.15, 0.2) is 18.2 Å². The number of nitrogens with zero attached hydrogens (tertiary/aromatic N) is 1. The van der Waals surface area contributed by atoms with E-state index in [1.807, 2.05) is 19.1 Å². The molecule has 0 unspecified atom stereocenters. The molecule has 0 bridgehead atoms. The maximum absolute atomic E-state index is 10.7. The first-order valence-corrected chi connectivity index (χ1v) is 6.83. The Morgan fingerprint density at radius 2 is 2.11 bits per heavy atom. The van der Waals surface area contributed by atoms with Gasteiger partial charge in [-0.1, -0.05) is 12.1 Å². The maximum atomic E-state index is 10.7. The number of nitrogens with two attached hydrogens (primary N) is 1. The summed E-state index contributed by atoms with van der Waals surface area (Å²) in [6.07, 6.45) is 0.561. The van der Waals surface area contributed by atoms with Crippen LogP contribution < -0.4 is 5.73 Å². The lowest BCUT2D eigenvalue weighted by Crippen LogP contribution is -1.97. The van der Waals surface area contributed by atoms with Gasteiger partial charge in [-0.05, 0) is 37.5 Å². The molecule has 0 aliphatic rings. The molecule has 100 valence electrons. The molecule has 0 spiro atoms. The molecule has 0 saturated heterocycles. The summed E-state index contributed by atoms with van der Waals surface area (Å²) in [5.41, 5.74) is 9.97. The quantitative estimate of drug-likeness (QED) is 0.900. The average Bonchev–Trinajstić information content (AvgIpc) is 2.71. The SMILES string of the molecule is Cc1ccc(-c2nc(N)sc2CCC(=O)O)cc1C. The summed E-state index contributed by atoms with van der Waals surface area (Å²) in [6.45, 7) is 4.10. The predicted molar refractivity (Wildman–Crippen MR) is 77.4 cm³/mol. The highest BCUT2D eigenvalue weighted by molar-refractivity contribution is 7.15. The molecule has 4 nitrogen and oxygen atoms in total. The summed E-state index contributed by atoms with van der Waals surface area (Å²) in [4.78, 5) is 15.9. The van der Waals surface area contributed by atoms with Crippen molar-refractivity contribution in [2.75, 3.05) is 5.73 Å². The Balaban J connectivity index is 2.37. The van der Waals surface area contributed by atoms with Crippen molar-refractivity contribution < 1.29 is 9.90 Å². The zero-order valence-corrected chi connectivity index (χ0v) is 11.8. The monoisotopic (exact) mass is 276 g/mol. The van der Waals surface area contributed by atoms with E-state index in [4.69, 9.17) is 10.8 Å². The highest BCUT2D eigenvalue weighted by Crippen LogP contribution is 2.31. The highest BCUT2D eigenvalue weighted by Gasteiger charge is 2.13. The van der Waals surface area contributed by atoms with Crippen LogP contribution in [0.25, 0.3) is 11.3 Å². The van der Waals surface area contributed by atoms with E-state index in [2.05, 4.69) is 18.0 Å². The van der Waals surface area contributed by atoms with Crippen LogP contribution in [0.5, 0.6) is 0 Å². The van der Waals surface area contributed by atoms with Crippen LogP contribution in [0.3, 0.4) is 0 Å². The first-order chi connectivity index (χ1) is 8.97. The van der Waals surface area contributed by atoms with Crippen LogP contribution in [0.2, 0.25) is 0 Å². The van der Waals surface area contributed by atoms with Crippen LogP contribution in [0.4, 0.5) is 5.13 Å². The van der Waals surface area contributed by atoms with E-state index in [0.717, 1.165) is 16.1 Å². The molecule has 0 radical (unpaired) electrons. The number of hydrogen-bond donors (Lipinski definition) is 2. The van der Waals surface area contributed by atoms with Gasteiger partial charge in [-0.3, -0.25) is 4.79 Å². The van der Waals surface area contributed by atoms with Gasteiger partial charge in [-0.15, -0.1) is 11.3 Å². The summed E-state index contributed by atoms with van der Waals surface area (Å²) in [7, 11) is 0. The van der Waals surface area contributed by atoms with Crippen molar-refractivity contribution in [3.05, 3.63) is 34.2 Å². The summed E-state index contributed by atoms with van der Waals surface area (Å²) in [5, 5.41) is 9.26. The Labute approximate surface area is 115 Å². The molecule has 0 aliphatic heterocycles. The first-order valence-electron chi connectivity index (χ1n) is 6.02. The van der Waals surface area contributed by atoms with E-state index in [-0.39, 0.29) is 6.42 Å². The van der Waals surface area contributed by atoms with Gasteiger partial charge < -0.3 is 10.8 Å². The Hall–Kier alpha value is -1.88. The standard InChI is InChI=1S/C14H16N2O2S/c1-8-3-4-10(7-9(8)2)13-11(5-6-12(17)18)19-14(15)16-13/h3-4,7H,5-6H2,1-2H3,(H2,15,16)(H,17,18). The minimum atomic E-state index is -0.807. The van der Waals surface area contributed by atoms with Crippen molar-refractivity contribution >= 4 is 22.4 Å². The second kappa shape index (κ2) is 5.40. The largest absolute Gasteiger partial charge is 0.481 e. The van der Waals surface area contributed by atoms with Gasteiger partial charge in [0.1, 0.15) is 0 Å². The van der Waals surface area contributed by atoms with Crippen molar-refractivity contribution in [2.45, 2.75) is 26.7 Å². The third-order valence-corrected chi connectivity index (χ3v) is 4.00. The third kappa shape index (κ3) is 3.12. The molecule has 0 fully saturated rings. The molecule has 1 aromatic heterocycles. The number of anilines is 1. The molecule has 3 N–H and O–H groups in total. The van der Waals surface area contributed by atoms with Crippen molar-refractivity contribution in [1.82, 2.24) is 4.98 Å². The number of carboxylic acid groups (broad SMARTS) is 1. The van der Waals surface area contributed by atoms with Gasteiger partial charge >= 0.3 is 5.97 Å². The Bertz CT molecular complexity index is 620. The zero-order valence-electron chi connectivity index (χ0n) is 10.9. The van der Waals surface area contributed by atoms with Gasteiger partial charge in [0.05, 0.1) is 12.1 Å². The lowest BCUT2D eigenvalue weighted by Gasteiger charge is -2.05. The number of aromatic nitrogens is 1. The van der Waals surface area contributed by atoms with Crippen molar-refractivity contribution in [3.8, 4) is 11.3 Å². The number of rotatable bonds is 4. The fourth-order valence-electron chi connectivity index (χ4n) is 1.87. The number of aliphatic carboxylic acids is 1. The number of benzene rings is 1. The topological polar surface area (TPSA) is 76.2 Å². The molecule has 19 heavy (non-hydrogen) atoms. The molecule has 1 aromatic carbocycles. The van der Waals surface area contributed by atoms with E-state index in [9.17, 15) is 4.79 Å². The van der Waals surface area contributed by atoms with Gasteiger partial charge in [-0.25, -0.2) is 4.98 Å². The molecule has 0 aliphatic carbocycles. The Morgan fingerprint density at radius 1 is 1.37 bits per heavy atom. The highest BCUT2D eigenvalue weighted by atomic mass is 32.1. The predicted octanol–water partition coefficient (Wildman–Crippen LogP) is 3.03. The molecule has 2 aromatic rings. The molecule has 0 amide bonds. The molecule has 0 saturated carbocycles. The summed E-state index contributed by atoms with van der Waals surface area (Å²) >= 11 is 1.36. The van der Waals surface area contributed by atoms with Crippen molar-refractivity contribution in [2.24, 2.45) is 0 Å². The molecule has 2 rings (SSSR count). The number of carboxylic acids is 1. The second-order valence-corrected chi connectivity index (χ2v) is 5.63. The second-order valence-electron chi connectivity index (χ2n) is 4.52. The maximum Gasteiger partial charge on any atom is 0.303 e. The van der Waals surface area contributed by atoms with Crippen molar-refractivity contribution in [1.29, 1.82) is 0 Å². The molecule has 5 heteroatoms. The fraction of sp³-hybridized carbons (Fsp3) is 0.286. The van der Waals surface area contributed by atoms with E-state index in [1.54, 1.807) is 0 Å². The Morgan fingerprint density at radius 3 is 2.74 bits per heavy atom. The number of thiazole rings is 1. The zero-order chi connectivity index (χ0) is 14.0. The smallest absolute Gasteiger partial charge is 0.303 e. The Kier molecular flexibility index (Phi) is 3.85. The number of aryl methyl sites for hydroxylation is 3. The number of hydrogen-bond acceptors (Lipinski definition) is 4. The van der Waals surface area contributed by atoms with Crippen LogP contribution in [-0.2, 0) is 11.2 Å². The minimum absolute atomic E-state index is 0.0967. The summed E-state index contributed by atoms with van der Waals surface area (Å²) < 4.78 is 0. The summed E-state index contributed by atoms with van der Waals surface area (Å²) in [5.74, 6) is -0.807. The lowest BCUT2D eigenvalue weighted by atomic mass is 10.0. The average molecular weight is 276 g/mol. The molecule has 1 heterocycles. The van der Waals surface area contributed by atoms with Gasteiger partial charge in [0.15, 0.2) is 5.13 Å². The fourth-order valence-corrected chi connectivity index (χ4v) is 2.73. The van der Waals surface area contributed by atoms with Gasteiger partial charge in [0, 0.05) is 10.4 Å². The first kappa shape index (κ1) is 13.5. The molecule has 0 atom stereocenters. The van der Waals surface area contributed by atoms with Crippen molar-refractivity contribution in [3.63, 3.8) is 0 Å². The van der Waals surface area contributed by atoms with E-state index in [1.165, 1.54) is 22.5 Å².